The van der Waals surface area contributed by atoms with E-state index in [1.807, 2.05) is 0 Å². The lowest BCUT2D eigenvalue weighted by molar-refractivity contribution is -0.133. The number of cyclic esters (lactones) is 1. The molecule has 0 spiro atoms. The number of halogens is 2. The number of aromatic nitrogens is 3. The standard InChI is InChI=1S/C21H24F2N8O6/c22-15-5-13(31-9-14(37-21(31)36)7-26-20(34)35)6-16(23)19(15)29-3-1-28(2-4-29)18(33)8-25-17(32)10-30-12-24-11-27-30/h5-6,11-12,14,26H,1-4,7-10H2,(H,25,32)(H,34,35)/t14-/m0/s1. The highest BCUT2D eigenvalue weighted by Gasteiger charge is 2.34. The number of hydrogen-bond acceptors (Lipinski definition) is 8. The third-order valence-corrected chi connectivity index (χ3v) is 5.83. The number of hydrogen-bond donors (Lipinski definition) is 3. The topological polar surface area (TPSA) is 162 Å². The molecule has 2 aromatic rings. The molecule has 2 aliphatic heterocycles. The van der Waals surface area contributed by atoms with Gasteiger partial charge in [-0.15, -0.1) is 0 Å². The van der Waals surface area contributed by atoms with E-state index in [0.29, 0.717) is 0 Å². The lowest BCUT2D eigenvalue weighted by Gasteiger charge is -2.36. The highest BCUT2D eigenvalue weighted by atomic mass is 19.1. The Morgan fingerprint density at radius 1 is 1.11 bits per heavy atom. The van der Waals surface area contributed by atoms with Gasteiger partial charge in [-0.2, -0.15) is 5.10 Å². The second-order valence-corrected chi connectivity index (χ2v) is 8.30. The fourth-order valence-corrected chi connectivity index (χ4v) is 4.03. The van der Waals surface area contributed by atoms with Crippen molar-refractivity contribution in [1.82, 2.24) is 30.3 Å². The molecular formula is C21H24F2N8O6. The Kier molecular flexibility index (Phi) is 7.64. The van der Waals surface area contributed by atoms with E-state index in [0.717, 1.165) is 17.0 Å². The first kappa shape index (κ1) is 25.6. The molecule has 1 atom stereocenters. The molecule has 2 saturated heterocycles. The Hall–Kier alpha value is -4.50. The van der Waals surface area contributed by atoms with Gasteiger partial charge in [0.15, 0.2) is 11.6 Å². The highest BCUT2D eigenvalue weighted by molar-refractivity contribution is 5.90. The average Bonchev–Trinajstić information content (AvgIpc) is 3.50. The number of nitrogens with zero attached hydrogens (tertiary/aromatic N) is 6. The molecular weight excluding hydrogens is 498 g/mol. The summed E-state index contributed by atoms with van der Waals surface area (Å²) >= 11 is 0. The van der Waals surface area contributed by atoms with E-state index in [-0.39, 0.29) is 69.6 Å². The summed E-state index contributed by atoms with van der Waals surface area (Å²) in [6.07, 6.45) is -0.267. The van der Waals surface area contributed by atoms with Gasteiger partial charge >= 0.3 is 12.2 Å². The van der Waals surface area contributed by atoms with Crippen molar-refractivity contribution in [1.29, 1.82) is 0 Å². The fraction of sp³-hybridized carbons (Fsp3) is 0.429. The summed E-state index contributed by atoms with van der Waals surface area (Å²) in [5.74, 6) is -2.53. The maximum absolute atomic E-state index is 15.0. The van der Waals surface area contributed by atoms with Gasteiger partial charge in [0, 0.05) is 38.3 Å². The number of ether oxygens (including phenoxy) is 1. The number of piperazine rings is 1. The van der Waals surface area contributed by atoms with Crippen molar-refractivity contribution >= 4 is 35.4 Å². The van der Waals surface area contributed by atoms with Gasteiger partial charge in [0.25, 0.3) is 0 Å². The smallest absolute Gasteiger partial charge is 0.414 e. The van der Waals surface area contributed by atoms with E-state index in [1.54, 1.807) is 0 Å². The molecule has 0 saturated carbocycles. The number of carboxylic acid groups (broad SMARTS) is 1. The number of benzene rings is 1. The van der Waals surface area contributed by atoms with E-state index in [9.17, 15) is 28.0 Å². The summed E-state index contributed by atoms with van der Waals surface area (Å²) in [5.41, 5.74) is -0.342. The molecule has 16 heteroatoms. The lowest BCUT2D eigenvalue weighted by atomic mass is 10.2. The number of nitrogens with one attached hydrogen (secondary N) is 2. The summed E-state index contributed by atoms with van der Waals surface area (Å²) in [4.78, 5) is 54.8. The van der Waals surface area contributed by atoms with Crippen LogP contribution in [0.1, 0.15) is 0 Å². The second kappa shape index (κ2) is 11.0. The summed E-state index contributed by atoms with van der Waals surface area (Å²) in [6.45, 7) is 0.151. The summed E-state index contributed by atoms with van der Waals surface area (Å²) in [6, 6.07) is 2.02. The minimum Gasteiger partial charge on any atom is -0.465 e. The van der Waals surface area contributed by atoms with Crippen molar-refractivity contribution in [3.63, 3.8) is 0 Å². The maximum Gasteiger partial charge on any atom is 0.414 e. The predicted molar refractivity (Wildman–Crippen MR) is 122 cm³/mol. The second-order valence-electron chi connectivity index (χ2n) is 8.30. The molecule has 0 aliphatic carbocycles. The van der Waals surface area contributed by atoms with Crippen molar-refractivity contribution in [2.75, 3.05) is 55.6 Å². The Bertz CT molecular complexity index is 1150. The lowest BCUT2D eigenvalue weighted by Crippen LogP contribution is -2.51. The third-order valence-electron chi connectivity index (χ3n) is 5.83. The van der Waals surface area contributed by atoms with Crippen LogP contribution >= 0.6 is 0 Å². The Morgan fingerprint density at radius 3 is 2.43 bits per heavy atom. The Labute approximate surface area is 208 Å². The molecule has 4 amide bonds. The van der Waals surface area contributed by atoms with E-state index < -0.39 is 35.8 Å². The maximum atomic E-state index is 15.0. The molecule has 37 heavy (non-hydrogen) atoms. The van der Waals surface area contributed by atoms with Crippen molar-refractivity contribution in [3.05, 3.63) is 36.4 Å². The summed E-state index contributed by atoms with van der Waals surface area (Å²) < 4.78 is 36.3. The number of rotatable bonds is 8. The van der Waals surface area contributed by atoms with Gasteiger partial charge < -0.3 is 30.3 Å². The molecule has 0 radical (unpaired) electrons. The number of carbonyl (C=O) groups excluding carboxylic acids is 3. The van der Waals surface area contributed by atoms with E-state index in [2.05, 4.69) is 20.7 Å². The third kappa shape index (κ3) is 6.20. The monoisotopic (exact) mass is 522 g/mol. The van der Waals surface area contributed by atoms with Crippen LogP contribution in [0.3, 0.4) is 0 Å². The first-order valence-corrected chi connectivity index (χ1v) is 11.3. The van der Waals surface area contributed by atoms with Crippen LogP contribution in [-0.2, 0) is 20.9 Å². The van der Waals surface area contributed by atoms with Crippen molar-refractivity contribution in [3.8, 4) is 0 Å². The highest BCUT2D eigenvalue weighted by Crippen LogP contribution is 2.31. The molecule has 3 heterocycles. The molecule has 0 unspecified atom stereocenters. The van der Waals surface area contributed by atoms with Crippen LogP contribution in [0.4, 0.5) is 29.7 Å². The van der Waals surface area contributed by atoms with Crippen LogP contribution in [0.5, 0.6) is 0 Å². The molecule has 4 rings (SSSR count). The van der Waals surface area contributed by atoms with Gasteiger partial charge in [-0.25, -0.2) is 28.0 Å². The average molecular weight is 522 g/mol. The first-order valence-electron chi connectivity index (χ1n) is 11.3. The van der Waals surface area contributed by atoms with Crippen LogP contribution in [0.15, 0.2) is 24.8 Å². The minimum atomic E-state index is -1.29. The number of carbonyl (C=O) groups is 4. The van der Waals surface area contributed by atoms with Gasteiger partial charge in [-0.3, -0.25) is 14.5 Å². The van der Waals surface area contributed by atoms with E-state index in [4.69, 9.17) is 9.84 Å². The summed E-state index contributed by atoms with van der Waals surface area (Å²) in [7, 11) is 0. The fourth-order valence-electron chi connectivity index (χ4n) is 4.03. The molecule has 1 aromatic heterocycles. The molecule has 198 valence electrons. The molecule has 0 bridgehead atoms. The van der Waals surface area contributed by atoms with Crippen LogP contribution in [-0.4, -0.2) is 101 Å². The predicted octanol–water partition coefficient (Wildman–Crippen LogP) is -0.386. The van der Waals surface area contributed by atoms with Crippen molar-refractivity contribution < 1.29 is 37.8 Å². The Balaban J connectivity index is 1.30. The minimum absolute atomic E-state index is 0.0583. The van der Waals surface area contributed by atoms with Gasteiger partial charge in [0.1, 0.15) is 31.0 Å². The van der Waals surface area contributed by atoms with Gasteiger partial charge in [-0.05, 0) is 0 Å². The molecule has 2 fully saturated rings. The van der Waals surface area contributed by atoms with Gasteiger partial charge in [0.2, 0.25) is 11.8 Å². The quantitative estimate of drug-likeness (QED) is 0.419. The van der Waals surface area contributed by atoms with Crippen LogP contribution in [0.25, 0.3) is 0 Å². The number of anilines is 2. The SMILES string of the molecule is O=C(O)NC[C@H]1CN(c2cc(F)c(N3CCN(C(=O)CNC(=O)Cn4cncn4)CC3)c(F)c2)C(=O)O1. The normalized spacial score (nSPS) is 17.5. The summed E-state index contributed by atoms with van der Waals surface area (Å²) in [5, 5.41) is 17.1. The van der Waals surface area contributed by atoms with Crippen LogP contribution in [0.2, 0.25) is 0 Å². The Morgan fingerprint density at radius 2 is 1.81 bits per heavy atom. The molecule has 14 nitrogen and oxygen atoms in total. The molecule has 3 N–H and O–H groups in total. The van der Waals surface area contributed by atoms with Crippen LogP contribution in [0, 0.1) is 11.6 Å². The van der Waals surface area contributed by atoms with Crippen LogP contribution < -0.4 is 20.4 Å². The first-order chi connectivity index (χ1) is 17.7. The van der Waals surface area contributed by atoms with Crippen molar-refractivity contribution in [2.45, 2.75) is 12.6 Å². The van der Waals surface area contributed by atoms with E-state index in [1.165, 1.54) is 27.1 Å². The number of amides is 4. The van der Waals surface area contributed by atoms with Gasteiger partial charge in [0.05, 0.1) is 25.3 Å². The zero-order valence-corrected chi connectivity index (χ0v) is 19.5. The molecule has 2 aliphatic rings. The van der Waals surface area contributed by atoms with E-state index >= 15 is 0 Å². The largest absolute Gasteiger partial charge is 0.465 e. The molecule has 1 aromatic carbocycles. The zero-order chi connectivity index (χ0) is 26.5. The van der Waals surface area contributed by atoms with Crippen molar-refractivity contribution in [2.24, 2.45) is 0 Å². The zero-order valence-electron chi connectivity index (χ0n) is 19.5. The van der Waals surface area contributed by atoms with Gasteiger partial charge in [-0.1, -0.05) is 0 Å².